The van der Waals surface area contributed by atoms with Crippen LogP contribution in [0.2, 0.25) is 0 Å². The van der Waals surface area contributed by atoms with E-state index < -0.39 is 0 Å². The minimum absolute atomic E-state index is 0.111. The molecule has 1 amide bonds. The van der Waals surface area contributed by atoms with Gasteiger partial charge in [-0.05, 0) is 25.0 Å². The number of morpholine rings is 1. The van der Waals surface area contributed by atoms with Gasteiger partial charge in [0, 0.05) is 37.3 Å². The summed E-state index contributed by atoms with van der Waals surface area (Å²) in [6.07, 6.45) is 0. The van der Waals surface area contributed by atoms with E-state index in [0.29, 0.717) is 29.5 Å². The van der Waals surface area contributed by atoms with Crippen molar-refractivity contribution in [1.82, 2.24) is 10.2 Å². The van der Waals surface area contributed by atoms with Crippen molar-refractivity contribution >= 4 is 5.91 Å². The zero-order valence-electron chi connectivity index (χ0n) is 15.1. The summed E-state index contributed by atoms with van der Waals surface area (Å²) in [4.78, 5) is 14.8. The maximum absolute atomic E-state index is 12.4. The Hall–Kier alpha value is -1.79. The lowest BCUT2D eigenvalue weighted by molar-refractivity contribution is 0.0317. The standard InChI is InChI=1S/C18H28N2O4/c1-13(12-20-5-7-24-8-6-20)11-19-18(21)15-9-16(22-3)14(2)17(10-15)23-4/h9-10,13H,5-8,11-12H2,1-4H3,(H,19,21). The van der Waals surface area contributed by atoms with Crippen molar-refractivity contribution in [1.29, 1.82) is 0 Å². The first kappa shape index (κ1) is 18.5. The summed E-state index contributed by atoms with van der Waals surface area (Å²) in [5.74, 6) is 1.57. The number of carbonyl (C=O) groups excluding carboxylic acids is 1. The lowest BCUT2D eigenvalue weighted by atomic mass is 10.1. The molecule has 0 spiro atoms. The number of ether oxygens (including phenoxy) is 3. The predicted molar refractivity (Wildman–Crippen MR) is 93.0 cm³/mol. The Kier molecular flexibility index (Phi) is 6.87. The van der Waals surface area contributed by atoms with E-state index in [1.165, 1.54) is 0 Å². The third kappa shape index (κ3) is 4.85. The van der Waals surface area contributed by atoms with Crippen molar-refractivity contribution in [2.75, 3.05) is 53.6 Å². The molecule has 6 heteroatoms. The fourth-order valence-corrected chi connectivity index (χ4v) is 2.88. The third-order valence-corrected chi connectivity index (χ3v) is 4.30. The molecule has 1 aromatic rings. The molecule has 0 aromatic heterocycles. The molecule has 2 rings (SSSR count). The summed E-state index contributed by atoms with van der Waals surface area (Å²) >= 11 is 0. The summed E-state index contributed by atoms with van der Waals surface area (Å²) in [5.41, 5.74) is 1.44. The molecule has 0 saturated carbocycles. The maximum Gasteiger partial charge on any atom is 0.251 e. The number of nitrogens with one attached hydrogen (secondary N) is 1. The second-order valence-electron chi connectivity index (χ2n) is 6.23. The second-order valence-corrected chi connectivity index (χ2v) is 6.23. The van der Waals surface area contributed by atoms with Crippen LogP contribution in [0.4, 0.5) is 0 Å². The van der Waals surface area contributed by atoms with E-state index in [-0.39, 0.29) is 5.91 Å². The maximum atomic E-state index is 12.4. The molecule has 1 unspecified atom stereocenters. The Bertz CT molecular complexity index is 531. The Balaban J connectivity index is 1.91. The molecular weight excluding hydrogens is 308 g/mol. The van der Waals surface area contributed by atoms with Crippen molar-refractivity contribution < 1.29 is 19.0 Å². The van der Waals surface area contributed by atoms with Crippen LogP contribution in [0.3, 0.4) is 0 Å². The minimum Gasteiger partial charge on any atom is -0.496 e. The quantitative estimate of drug-likeness (QED) is 0.821. The first-order chi connectivity index (χ1) is 11.5. The van der Waals surface area contributed by atoms with Crippen LogP contribution in [0.5, 0.6) is 11.5 Å². The molecule has 1 heterocycles. The van der Waals surface area contributed by atoms with Gasteiger partial charge in [0.2, 0.25) is 0 Å². The first-order valence-electron chi connectivity index (χ1n) is 8.36. The van der Waals surface area contributed by atoms with E-state index in [2.05, 4.69) is 17.1 Å². The molecule has 6 nitrogen and oxygen atoms in total. The van der Waals surface area contributed by atoms with Crippen LogP contribution in [0.25, 0.3) is 0 Å². The number of hydrogen-bond donors (Lipinski definition) is 1. The normalized spacial score (nSPS) is 16.5. The van der Waals surface area contributed by atoms with Gasteiger partial charge in [0.25, 0.3) is 5.91 Å². The number of amides is 1. The third-order valence-electron chi connectivity index (χ3n) is 4.30. The highest BCUT2D eigenvalue weighted by molar-refractivity contribution is 5.95. The highest BCUT2D eigenvalue weighted by atomic mass is 16.5. The molecule has 0 bridgehead atoms. The Morgan fingerprint density at radius 1 is 1.25 bits per heavy atom. The number of rotatable bonds is 7. The van der Waals surface area contributed by atoms with Crippen LogP contribution in [-0.2, 0) is 4.74 Å². The van der Waals surface area contributed by atoms with Crippen molar-refractivity contribution in [3.8, 4) is 11.5 Å². The largest absolute Gasteiger partial charge is 0.496 e. The zero-order chi connectivity index (χ0) is 17.5. The molecule has 1 aromatic carbocycles. The molecule has 1 aliphatic heterocycles. The van der Waals surface area contributed by atoms with Crippen LogP contribution in [0.1, 0.15) is 22.8 Å². The molecule has 1 saturated heterocycles. The van der Waals surface area contributed by atoms with Gasteiger partial charge < -0.3 is 19.5 Å². The van der Waals surface area contributed by atoms with E-state index in [1.54, 1.807) is 26.4 Å². The van der Waals surface area contributed by atoms with E-state index in [4.69, 9.17) is 14.2 Å². The average molecular weight is 336 g/mol. The Morgan fingerprint density at radius 3 is 2.38 bits per heavy atom. The van der Waals surface area contributed by atoms with E-state index in [1.807, 2.05) is 6.92 Å². The molecule has 134 valence electrons. The molecule has 1 N–H and O–H groups in total. The lowest BCUT2D eigenvalue weighted by Crippen LogP contribution is -2.41. The molecule has 1 fully saturated rings. The SMILES string of the molecule is COc1cc(C(=O)NCC(C)CN2CCOCC2)cc(OC)c1C. The summed E-state index contributed by atoms with van der Waals surface area (Å²) < 4.78 is 16.0. The van der Waals surface area contributed by atoms with E-state index in [0.717, 1.165) is 38.4 Å². The number of benzene rings is 1. The van der Waals surface area contributed by atoms with Crippen LogP contribution < -0.4 is 14.8 Å². The van der Waals surface area contributed by atoms with Gasteiger partial charge in [-0.1, -0.05) is 6.92 Å². The minimum atomic E-state index is -0.111. The number of hydrogen-bond acceptors (Lipinski definition) is 5. The average Bonchev–Trinajstić information content (AvgIpc) is 2.60. The zero-order valence-corrected chi connectivity index (χ0v) is 15.1. The molecule has 24 heavy (non-hydrogen) atoms. The van der Waals surface area contributed by atoms with Gasteiger partial charge in [0.15, 0.2) is 0 Å². The highest BCUT2D eigenvalue weighted by Gasteiger charge is 2.16. The number of carbonyl (C=O) groups is 1. The topological polar surface area (TPSA) is 60.0 Å². The van der Waals surface area contributed by atoms with Crippen molar-refractivity contribution in [2.24, 2.45) is 5.92 Å². The fraction of sp³-hybridized carbons (Fsp3) is 0.611. The molecule has 1 atom stereocenters. The Morgan fingerprint density at radius 2 is 1.83 bits per heavy atom. The summed E-state index contributed by atoms with van der Waals surface area (Å²) in [6, 6.07) is 3.50. The van der Waals surface area contributed by atoms with Gasteiger partial charge in [0.05, 0.1) is 27.4 Å². The van der Waals surface area contributed by atoms with E-state index in [9.17, 15) is 4.79 Å². The van der Waals surface area contributed by atoms with Gasteiger partial charge in [-0.3, -0.25) is 9.69 Å². The van der Waals surface area contributed by atoms with Crippen molar-refractivity contribution in [2.45, 2.75) is 13.8 Å². The Labute approximate surface area is 144 Å². The highest BCUT2D eigenvalue weighted by Crippen LogP contribution is 2.29. The van der Waals surface area contributed by atoms with Crippen LogP contribution in [0.15, 0.2) is 12.1 Å². The van der Waals surface area contributed by atoms with Gasteiger partial charge in [-0.25, -0.2) is 0 Å². The smallest absolute Gasteiger partial charge is 0.251 e. The molecular formula is C18H28N2O4. The van der Waals surface area contributed by atoms with Crippen LogP contribution in [-0.4, -0.2) is 64.4 Å². The van der Waals surface area contributed by atoms with Crippen molar-refractivity contribution in [3.63, 3.8) is 0 Å². The van der Waals surface area contributed by atoms with E-state index >= 15 is 0 Å². The van der Waals surface area contributed by atoms with Gasteiger partial charge in [-0.15, -0.1) is 0 Å². The second kappa shape index (κ2) is 8.89. The van der Waals surface area contributed by atoms with Crippen LogP contribution in [0, 0.1) is 12.8 Å². The fourth-order valence-electron chi connectivity index (χ4n) is 2.88. The van der Waals surface area contributed by atoms with Gasteiger partial charge in [0.1, 0.15) is 11.5 Å². The first-order valence-corrected chi connectivity index (χ1v) is 8.36. The molecule has 1 aliphatic rings. The lowest BCUT2D eigenvalue weighted by Gasteiger charge is -2.29. The summed E-state index contributed by atoms with van der Waals surface area (Å²) in [7, 11) is 3.18. The summed E-state index contributed by atoms with van der Waals surface area (Å²) in [5, 5.41) is 3.00. The molecule has 0 aliphatic carbocycles. The number of nitrogens with zero attached hydrogens (tertiary/aromatic N) is 1. The van der Waals surface area contributed by atoms with Crippen LogP contribution >= 0.6 is 0 Å². The predicted octanol–water partition coefficient (Wildman–Crippen LogP) is 1.71. The summed E-state index contributed by atoms with van der Waals surface area (Å²) in [6.45, 7) is 9.16. The van der Waals surface area contributed by atoms with Gasteiger partial charge >= 0.3 is 0 Å². The monoisotopic (exact) mass is 336 g/mol. The van der Waals surface area contributed by atoms with Gasteiger partial charge in [-0.2, -0.15) is 0 Å². The molecule has 0 radical (unpaired) electrons. The van der Waals surface area contributed by atoms with Crippen molar-refractivity contribution in [3.05, 3.63) is 23.3 Å². The number of methoxy groups -OCH3 is 2.